The lowest BCUT2D eigenvalue weighted by Gasteiger charge is -2.08. The fraction of sp³-hybridized carbons (Fsp3) is 0.174. The van der Waals surface area contributed by atoms with E-state index in [0.29, 0.717) is 17.9 Å². The van der Waals surface area contributed by atoms with Gasteiger partial charge in [-0.05, 0) is 73.4 Å². The summed E-state index contributed by atoms with van der Waals surface area (Å²) in [7, 11) is 0. The van der Waals surface area contributed by atoms with Crippen molar-refractivity contribution in [1.29, 1.82) is 0 Å². The maximum atomic E-state index is 12.2. The molecule has 2 N–H and O–H groups in total. The second-order valence-electron chi connectivity index (χ2n) is 6.32. The lowest BCUT2D eigenvalue weighted by molar-refractivity contribution is 0.102. The molecule has 0 atom stereocenters. The highest BCUT2D eigenvalue weighted by Gasteiger charge is 2.06. The van der Waals surface area contributed by atoms with Crippen LogP contribution in [-0.4, -0.2) is 17.6 Å². The van der Waals surface area contributed by atoms with Gasteiger partial charge < -0.3 is 15.2 Å². The Morgan fingerprint density at radius 1 is 0.852 bits per heavy atom. The second kappa shape index (κ2) is 9.43. The quantitative estimate of drug-likeness (QED) is 0.436. The zero-order chi connectivity index (χ0) is 18.9. The number of rotatable bonds is 8. The Balaban J connectivity index is 1.41. The number of ether oxygens (including phenoxy) is 1. The fourth-order valence-electron chi connectivity index (χ4n) is 2.72. The van der Waals surface area contributed by atoms with E-state index in [9.17, 15) is 9.90 Å². The van der Waals surface area contributed by atoms with Gasteiger partial charge in [0.05, 0.1) is 6.61 Å². The molecular weight excluding hydrogens is 338 g/mol. The van der Waals surface area contributed by atoms with Crippen LogP contribution in [0.15, 0.2) is 78.9 Å². The molecule has 0 heterocycles. The number of nitrogens with one attached hydrogen (secondary N) is 1. The Hall–Kier alpha value is -3.27. The predicted molar refractivity (Wildman–Crippen MR) is 107 cm³/mol. The van der Waals surface area contributed by atoms with E-state index in [0.717, 1.165) is 25.0 Å². The number of hydrogen-bond acceptors (Lipinski definition) is 3. The predicted octanol–water partition coefficient (Wildman–Crippen LogP) is 5.05. The summed E-state index contributed by atoms with van der Waals surface area (Å²) in [5, 5.41) is 12.1. The second-order valence-corrected chi connectivity index (χ2v) is 6.32. The lowest BCUT2D eigenvalue weighted by Crippen LogP contribution is -2.11. The normalized spacial score (nSPS) is 10.4. The van der Waals surface area contributed by atoms with Crippen LogP contribution in [0.5, 0.6) is 11.5 Å². The van der Waals surface area contributed by atoms with Crippen LogP contribution in [0.4, 0.5) is 5.69 Å². The van der Waals surface area contributed by atoms with Gasteiger partial charge in [-0.3, -0.25) is 4.79 Å². The molecule has 3 aromatic rings. The maximum Gasteiger partial charge on any atom is 0.255 e. The van der Waals surface area contributed by atoms with Crippen molar-refractivity contribution in [3.8, 4) is 11.5 Å². The van der Waals surface area contributed by atoms with E-state index in [-0.39, 0.29) is 11.7 Å². The number of phenolic OH excluding ortho intramolecular Hbond substituents is 1. The molecule has 0 aliphatic rings. The Labute approximate surface area is 159 Å². The molecule has 0 aliphatic heterocycles. The summed E-state index contributed by atoms with van der Waals surface area (Å²) in [6.45, 7) is 0.659. The van der Waals surface area contributed by atoms with Gasteiger partial charge in [-0.2, -0.15) is 0 Å². The number of hydrogen-bond donors (Lipinski definition) is 2. The van der Waals surface area contributed by atoms with Crippen molar-refractivity contribution in [1.82, 2.24) is 0 Å². The number of aryl methyl sites for hydroxylation is 1. The summed E-state index contributed by atoms with van der Waals surface area (Å²) in [6.07, 6.45) is 3.12. The maximum absolute atomic E-state index is 12.2. The third-order valence-electron chi connectivity index (χ3n) is 4.21. The molecule has 3 aromatic carbocycles. The van der Waals surface area contributed by atoms with Gasteiger partial charge in [0.15, 0.2) is 0 Å². The van der Waals surface area contributed by atoms with Crippen LogP contribution in [0.1, 0.15) is 28.8 Å². The summed E-state index contributed by atoms with van der Waals surface area (Å²) in [5.41, 5.74) is 2.54. The summed E-state index contributed by atoms with van der Waals surface area (Å²) in [4.78, 5) is 12.2. The van der Waals surface area contributed by atoms with Gasteiger partial charge in [-0.15, -0.1) is 0 Å². The Morgan fingerprint density at radius 2 is 1.56 bits per heavy atom. The van der Waals surface area contributed by atoms with Gasteiger partial charge in [-0.25, -0.2) is 0 Å². The summed E-state index contributed by atoms with van der Waals surface area (Å²) in [6, 6.07) is 23.9. The monoisotopic (exact) mass is 361 g/mol. The van der Waals surface area contributed by atoms with Crippen molar-refractivity contribution in [2.75, 3.05) is 11.9 Å². The van der Waals surface area contributed by atoms with Crippen molar-refractivity contribution in [3.05, 3.63) is 90.0 Å². The fourth-order valence-corrected chi connectivity index (χ4v) is 2.72. The van der Waals surface area contributed by atoms with Gasteiger partial charge in [-0.1, -0.05) is 30.3 Å². The third kappa shape index (κ3) is 5.89. The first kappa shape index (κ1) is 18.5. The van der Waals surface area contributed by atoms with Crippen molar-refractivity contribution >= 4 is 11.6 Å². The molecule has 4 nitrogen and oxygen atoms in total. The number of phenols is 1. The standard InChI is InChI=1S/C23H23NO3/c25-21-13-11-20(12-14-21)24-23(26)19-9-15-22(16-10-19)27-17-5-4-8-18-6-2-1-3-7-18/h1-3,6-7,9-16,25H,4-5,8,17H2,(H,24,26). The molecule has 0 saturated heterocycles. The number of anilines is 1. The van der Waals surface area contributed by atoms with Crippen LogP contribution in [0, 0.1) is 0 Å². The van der Waals surface area contributed by atoms with Gasteiger partial charge >= 0.3 is 0 Å². The van der Waals surface area contributed by atoms with Crippen LogP contribution < -0.4 is 10.1 Å². The molecule has 138 valence electrons. The van der Waals surface area contributed by atoms with Crippen LogP contribution in [0.3, 0.4) is 0 Å². The highest BCUT2D eigenvalue weighted by Crippen LogP contribution is 2.17. The van der Waals surface area contributed by atoms with Crippen LogP contribution in [0.2, 0.25) is 0 Å². The van der Waals surface area contributed by atoms with Gasteiger partial charge in [0.2, 0.25) is 0 Å². The van der Waals surface area contributed by atoms with E-state index in [4.69, 9.17) is 4.74 Å². The van der Waals surface area contributed by atoms with E-state index in [2.05, 4.69) is 29.6 Å². The highest BCUT2D eigenvalue weighted by molar-refractivity contribution is 6.04. The molecular formula is C23H23NO3. The number of carbonyl (C=O) groups is 1. The van der Waals surface area contributed by atoms with E-state index in [1.54, 1.807) is 24.3 Å². The van der Waals surface area contributed by atoms with E-state index in [1.807, 2.05) is 18.2 Å². The smallest absolute Gasteiger partial charge is 0.255 e. The number of aromatic hydroxyl groups is 1. The molecule has 4 heteroatoms. The average molecular weight is 361 g/mol. The van der Waals surface area contributed by atoms with Gasteiger partial charge in [0.1, 0.15) is 11.5 Å². The number of unbranched alkanes of at least 4 members (excludes halogenated alkanes) is 1. The van der Waals surface area contributed by atoms with Crippen LogP contribution >= 0.6 is 0 Å². The minimum absolute atomic E-state index is 0.165. The summed E-state index contributed by atoms with van der Waals surface area (Å²) in [5.74, 6) is 0.726. The Bertz CT molecular complexity index is 843. The lowest BCUT2D eigenvalue weighted by atomic mass is 10.1. The van der Waals surface area contributed by atoms with Crippen molar-refractivity contribution in [2.24, 2.45) is 0 Å². The van der Waals surface area contributed by atoms with E-state index in [1.165, 1.54) is 17.7 Å². The molecule has 1 amide bonds. The van der Waals surface area contributed by atoms with Crippen molar-refractivity contribution in [2.45, 2.75) is 19.3 Å². The third-order valence-corrected chi connectivity index (χ3v) is 4.21. The van der Waals surface area contributed by atoms with Crippen LogP contribution in [0.25, 0.3) is 0 Å². The van der Waals surface area contributed by atoms with Crippen LogP contribution in [-0.2, 0) is 6.42 Å². The molecule has 27 heavy (non-hydrogen) atoms. The first-order chi connectivity index (χ1) is 13.2. The molecule has 0 unspecified atom stereocenters. The summed E-state index contributed by atoms with van der Waals surface area (Å²) < 4.78 is 5.75. The van der Waals surface area contributed by atoms with Crippen molar-refractivity contribution in [3.63, 3.8) is 0 Å². The molecule has 0 radical (unpaired) electrons. The molecule has 0 aromatic heterocycles. The zero-order valence-electron chi connectivity index (χ0n) is 15.1. The minimum atomic E-state index is -0.199. The molecule has 3 rings (SSSR count). The summed E-state index contributed by atoms with van der Waals surface area (Å²) >= 11 is 0. The van der Waals surface area contributed by atoms with Crippen molar-refractivity contribution < 1.29 is 14.6 Å². The number of benzene rings is 3. The van der Waals surface area contributed by atoms with E-state index < -0.39 is 0 Å². The molecule has 0 spiro atoms. The van der Waals surface area contributed by atoms with E-state index >= 15 is 0 Å². The number of carbonyl (C=O) groups excluding carboxylic acids is 1. The highest BCUT2D eigenvalue weighted by atomic mass is 16.5. The van der Waals surface area contributed by atoms with Gasteiger partial charge in [0.25, 0.3) is 5.91 Å². The first-order valence-corrected chi connectivity index (χ1v) is 9.08. The topological polar surface area (TPSA) is 58.6 Å². The molecule has 0 aliphatic carbocycles. The largest absolute Gasteiger partial charge is 0.508 e. The molecule has 0 fully saturated rings. The molecule has 0 bridgehead atoms. The SMILES string of the molecule is O=C(Nc1ccc(O)cc1)c1ccc(OCCCCc2ccccc2)cc1. The zero-order valence-corrected chi connectivity index (χ0v) is 15.1. The van der Waals surface area contributed by atoms with Gasteiger partial charge in [0, 0.05) is 11.3 Å². The first-order valence-electron chi connectivity index (χ1n) is 9.08. The molecule has 0 saturated carbocycles. The minimum Gasteiger partial charge on any atom is -0.508 e. The Morgan fingerprint density at radius 3 is 2.26 bits per heavy atom. The average Bonchev–Trinajstić information content (AvgIpc) is 2.71. The Kier molecular flexibility index (Phi) is 6.47. The number of amides is 1.